The molecule has 3 aromatic carbocycles. The summed E-state index contributed by atoms with van der Waals surface area (Å²) in [5.41, 5.74) is 0.679. The van der Waals surface area contributed by atoms with Crippen molar-refractivity contribution >= 4 is 11.4 Å². The van der Waals surface area contributed by atoms with Gasteiger partial charge in [-0.05, 0) is 35.4 Å². The van der Waals surface area contributed by atoms with Crippen molar-refractivity contribution in [2.75, 3.05) is 7.11 Å². The molecule has 5 heteroatoms. The van der Waals surface area contributed by atoms with Crippen LogP contribution in [0.4, 0.5) is 5.69 Å². The third kappa shape index (κ3) is 3.88. The van der Waals surface area contributed by atoms with E-state index in [1.54, 1.807) is 13.2 Å². The molecule has 1 aromatic heterocycles. The average Bonchev–Trinajstić information content (AvgIpc) is 3.16. The third-order valence-electron chi connectivity index (χ3n) is 5.35. The Morgan fingerprint density at radius 1 is 0.968 bits per heavy atom. The summed E-state index contributed by atoms with van der Waals surface area (Å²) in [5.74, 6) is 1.20. The third-order valence-corrected chi connectivity index (χ3v) is 5.35. The minimum absolute atomic E-state index is 0.421. The molecule has 0 aliphatic heterocycles. The molecule has 0 N–H and O–H groups in total. The monoisotopic (exact) mass is 411 g/mol. The molecule has 1 heterocycles. The van der Waals surface area contributed by atoms with E-state index in [1.807, 2.05) is 114 Å². The highest BCUT2D eigenvalue weighted by atomic mass is 16.5. The van der Waals surface area contributed by atoms with Crippen molar-refractivity contribution in [3.05, 3.63) is 114 Å². The van der Waals surface area contributed by atoms with Gasteiger partial charge in [-0.3, -0.25) is 4.99 Å². The molecule has 0 saturated carbocycles. The minimum atomic E-state index is -1.79. The molecule has 0 aliphatic carbocycles. The lowest BCUT2D eigenvalue weighted by Crippen LogP contribution is -2.57. The highest BCUT2D eigenvalue weighted by molar-refractivity contribution is 6.09. The maximum absolute atomic E-state index is 15.2. The van der Waals surface area contributed by atoms with Crippen molar-refractivity contribution in [1.29, 1.82) is 0 Å². The summed E-state index contributed by atoms with van der Waals surface area (Å²) < 4.78 is 9.15. The number of aliphatic imine (C=N–C) groups is 1. The Morgan fingerprint density at radius 3 is 2.26 bits per heavy atom. The second-order valence-electron chi connectivity index (χ2n) is 7.42. The van der Waals surface area contributed by atoms with Gasteiger partial charge in [0.05, 0.1) is 38.2 Å². The number of para-hydroxylation sites is 1. The molecule has 4 aromatic rings. The lowest BCUT2D eigenvalue weighted by Gasteiger charge is -2.39. The number of imidazole rings is 1. The Balaban J connectivity index is 2.07. The molecule has 0 aliphatic rings. The van der Waals surface area contributed by atoms with Crippen LogP contribution in [0.15, 0.2) is 102 Å². The van der Waals surface area contributed by atoms with Crippen LogP contribution in [0.1, 0.15) is 17.0 Å². The van der Waals surface area contributed by atoms with Crippen LogP contribution in [0, 0.1) is 0 Å². The highest BCUT2D eigenvalue weighted by Gasteiger charge is 2.38. The van der Waals surface area contributed by atoms with Crippen LogP contribution in [0.2, 0.25) is 0 Å². The van der Waals surface area contributed by atoms with Gasteiger partial charge < -0.3 is 9.84 Å². The van der Waals surface area contributed by atoms with E-state index in [0.29, 0.717) is 22.8 Å². The van der Waals surface area contributed by atoms with Gasteiger partial charge in [-0.2, -0.15) is 0 Å². The van der Waals surface area contributed by atoms with Gasteiger partial charge in [-0.15, -0.1) is 0 Å². The van der Waals surface area contributed by atoms with Gasteiger partial charge >= 0.3 is 0 Å². The highest BCUT2D eigenvalue weighted by Crippen LogP contribution is 2.33. The smallest absolute Gasteiger partial charge is 0.256 e. The van der Waals surface area contributed by atoms with Crippen molar-refractivity contribution < 1.29 is 14.4 Å². The quantitative estimate of drug-likeness (QED) is 0.361. The predicted octanol–water partition coefficient (Wildman–Crippen LogP) is 3.28. The van der Waals surface area contributed by atoms with Crippen LogP contribution >= 0.6 is 0 Å². The van der Waals surface area contributed by atoms with Crippen molar-refractivity contribution in [3.8, 4) is 5.75 Å². The van der Waals surface area contributed by atoms with Gasteiger partial charge in [0, 0.05) is 0 Å². The molecule has 4 rings (SSSR count). The van der Waals surface area contributed by atoms with E-state index in [4.69, 9.17) is 9.73 Å². The van der Waals surface area contributed by atoms with E-state index in [0.717, 1.165) is 11.3 Å². The molecule has 0 bridgehead atoms. The summed E-state index contributed by atoms with van der Waals surface area (Å²) in [4.78, 5) is 4.91. The minimum Gasteiger partial charge on any atom is -0.832 e. The predicted molar refractivity (Wildman–Crippen MR) is 119 cm³/mol. The topological polar surface area (TPSA) is 53.5 Å². The number of ether oxygens (including phenoxy) is 1. The zero-order chi connectivity index (χ0) is 21.8. The lowest BCUT2D eigenvalue weighted by atomic mass is 9.83. The Hall–Kier alpha value is -3.70. The van der Waals surface area contributed by atoms with Crippen LogP contribution in [-0.2, 0) is 19.7 Å². The number of hydrogen-bond acceptors (Lipinski definition) is 3. The number of methoxy groups -OCH3 is 1. The fourth-order valence-corrected chi connectivity index (χ4v) is 3.87. The van der Waals surface area contributed by atoms with Crippen LogP contribution < -0.4 is 14.4 Å². The summed E-state index contributed by atoms with van der Waals surface area (Å²) in [6.07, 6.45) is 3.76. The van der Waals surface area contributed by atoms with Gasteiger partial charge in [0.2, 0.25) is 0 Å². The molecular formula is C26H25N3O2. The van der Waals surface area contributed by atoms with Crippen molar-refractivity contribution in [1.82, 2.24) is 4.57 Å². The molecule has 31 heavy (non-hydrogen) atoms. The maximum atomic E-state index is 15.2. The molecule has 1 unspecified atom stereocenters. The first kappa shape index (κ1) is 20.6. The van der Waals surface area contributed by atoms with Crippen LogP contribution in [0.5, 0.6) is 5.75 Å². The van der Waals surface area contributed by atoms with Crippen LogP contribution in [0.25, 0.3) is 0 Å². The molecule has 5 nitrogen and oxygen atoms in total. The summed E-state index contributed by atoms with van der Waals surface area (Å²) in [6.45, 7) is 0. The van der Waals surface area contributed by atoms with Gasteiger partial charge in [0.15, 0.2) is 0 Å². The largest absolute Gasteiger partial charge is 0.832 e. The van der Waals surface area contributed by atoms with E-state index >= 15 is 5.11 Å². The zero-order valence-corrected chi connectivity index (χ0v) is 17.9. The van der Waals surface area contributed by atoms with Crippen molar-refractivity contribution in [2.45, 2.75) is 5.60 Å². The molecule has 0 amide bonds. The molecule has 0 fully saturated rings. The van der Waals surface area contributed by atoms with Gasteiger partial charge in [0.25, 0.3) is 5.82 Å². The Morgan fingerprint density at radius 2 is 1.65 bits per heavy atom. The molecule has 0 radical (unpaired) electrons. The molecule has 0 saturated heterocycles. The average molecular weight is 412 g/mol. The van der Waals surface area contributed by atoms with Crippen molar-refractivity contribution in [3.63, 3.8) is 0 Å². The Kier molecular flexibility index (Phi) is 5.69. The lowest BCUT2D eigenvalue weighted by molar-refractivity contribution is -0.696. The van der Waals surface area contributed by atoms with E-state index in [9.17, 15) is 0 Å². The number of benzene rings is 3. The SMILES string of the molecule is COc1cccc(C([O-])(C(=Nc2ccccc2)c2ccccc2)c2n(C)cc[n+]2C)c1. The number of nitrogens with zero attached hydrogens (tertiary/aromatic N) is 3. The van der Waals surface area contributed by atoms with Crippen LogP contribution in [-0.4, -0.2) is 17.4 Å². The zero-order valence-electron chi connectivity index (χ0n) is 17.9. The first-order valence-electron chi connectivity index (χ1n) is 10.1. The Labute approximate surface area is 182 Å². The first-order chi connectivity index (χ1) is 15.0. The summed E-state index contributed by atoms with van der Waals surface area (Å²) in [7, 11) is 5.37. The molecule has 0 spiro atoms. The number of hydrogen-bond donors (Lipinski definition) is 0. The van der Waals surface area contributed by atoms with Gasteiger partial charge in [-0.1, -0.05) is 60.7 Å². The fourth-order valence-electron chi connectivity index (χ4n) is 3.87. The molecular weight excluding hydrogens is 386 g/mol. The standard InChI is InChI=1S/C26H25N3O2/c1-28-17-18-29(2)25(28)26(30,21-13-10-16-23(19-21)31-3)24(20-11-6-4-7-12-20)27-22-14-8-5-9-15-22/h4-19H,1-3H3. The molecule has 156 valence electrons. The number of aryl methyl sites for hydroxylation is 2. The summed E-state index contributed by atoms with van der Waals surface area (Å²) in [5, 5.41) is 15.2. The summed E-state index contributed by atoms with van der Waals surface area (Å²) >= 11 is 0. The number of aromatic nitrogens is 2. The maximum Gasteiger partial charge on any atom is 0.256 e. The second kappa shape index (κ2) is 8.58. The van der Waals surface area contributed by atoms with Crippen LogP contribution in [0.3, 0.4) is 0 Å². The van der Waals surface area contributed by atoms with E-state index < -0.39 is 5.60 Å². The van der Waals surface area contributed by atoms with E-state index in [1.165, 1.54) is 0 Å². The normalized spacial score (nSPS) is 13.6. The fraction of sp³-hybridized carbons (Fsp3) is 0.154. The van der Waals surface area contributed by atoms with E-state index in [2.05, 4.69) is 0 Å². The van der Waals surface area contributed by atoms with E-state index in [-0.39, 0.29) is 0 Å². The van der Waals surface area contributed by atoms with Crippen molar-refractivity contribution in [2.24, 2.45) is 19.1 Å². The van der Waals surface area contributed by atoms with Gasteiger partial charge in [0.1, 0.15) is 18.1 Å². The number of rotatable bonds is 6. The molecule has 1 atom stereocenters. The second-order valence-corrected chi connectivity index (χ2v) is 7.42. The van der Waals surface area contributed by atoms with Gasteiger partial charge in [-0.25, -0.2) is 9.13 Å². The first-order valence-corrected chi connectivity index (χ1v) is 10.1. The Bertz CT molecular complexity index is 1180. The summed E-state index contributed by atoms with van der Waals surface area (Å²) in [6, 6.07) is 26.5.